The van der Waals surface area contributed by atoms with Crippen LogP contribution in [0.2, 0.25) is 10.3 Å². The number of benzene rings is 1. The molecule has 1 heterocycles. The predicted molar refractivity (Wildman–Crippen MR) is 74.1 cm³/mol. The first-order valence-electron chi connectivity index (χ1n) is 6.03. The van der Waals surface area contributed by atoms with Crippen LogP contribution in [0.3, 0.4) is 0 Å². The Hall–Kier alpha value is -1.12. The van der Waals surface area contributed by atoms with E-state index in [1.807, 2.05) is 0 Å². The average Bonchev–Trinajstić information content (AvgIpc) is 2.31. The third-order valence-corrected chi connectivity index (χ3v) is 3.98. The minimum atomic E-state index is 0.359. The second-order valence-electron chi connectivity index (χ2n) is 4.62. The summed E-state index contributed by atoms with van der Waals surface area (Å²) in [5.41, 5.74) is 3.27. The summed E-state index contributed by atoms with van der Waals surface area (Å²) in [5, 5.41) is 8.28. The van der Waals surface area contributed by atoms with E-state index in [0.29, 0.717) is 10.3 Å². The number of halogens is 2. The van der Waals surface area contributed by atoms with Gasteiger partial charge >= 0.3 is 0 Å². The molecule has 1 saturated carbocycles. The minimum Gasteiger partial charge on any atom is -0.137 e. The van der Waals surface area contributed by atoms with Gasteiger partial charge in [-0.3, -0.25) is 0 Å². The van der Waals surface area contributed by atoms with Gasteiger partial charge in [-0.15, -0.1) is 10.2 Å². The summed E-state index contributed by atoms with van der Waals surface area (Å²) in [6.45, 7) is 0. The Labute approximate surface area is 116 Å². The van der Waals surface area contributed by atoms with Gasteiger partial charge in [-0.1, -0.05) is 53.9 Å². The summed E-state index contributed by atoms with van der Waals surface area (Å²) in [6, 6.07) is 10.2. The third kappa shape index (κ3) is 2.23. The van der Waals surface area contributed by atoms with Crippen molar-refractivity contribution in [3.8, 4) is 11.1 Å². The van der Waals surface area contributed by atoms with Crippen LogP contribution in [0.15, 0.2) is 30.3 Å². The number of hydrogen-bond donors (Lipinski definition) is 0. The quantitative estimate of drug-likeness (QED) is 0.795. The zero-order chi connectivity index (χ0) is 12.5. The van der Waals surface area contributed by atoms with Crippen molar-refractivity contribution in [1.29, 1.82) is 0 Å². The van der Waals surface area contributed by atoms with Crippen LogP contribution in [0.1, 0.15) is 30.7 Å². The molecule has 92 valence electrons. The molecule has 1 aliphatic rings. The molecular formula is C14H12Cl2N2. The second kappa shape index (κ2) is 4.87. The Morgan fingerprint density at radius 2 is 1.72 bits per heavy atom. The maximum atomic E-state index is 6.04. The van der Waals surface area contributed by atoms with Crippen LogP contribution < -0.4 is 0 Å². The van der Waals surface area contributed by atoms with E-state index in [9.17, 15) is 0 Å². The van der Waals surface area contributed by atoms with E-state index in [2.05, 4.69) is 34.5 Å². The molecule has 1 aromatic heterocycles. The van der Waals surface area contributed by atoms with Crippen molar-refractivity contribution in [3.05, 3.63) is 46.2 Å². The van der Waals surface area contributed by atoms with Crippen molar-refractivity contribution >= 4 is 23.2 Å². The highest BCUT2D eigenvalue weighted by atomic mass is 35.5. The fraction of sp³-hybridized carbons (Fsp3) is 0.286. The number of aromatic nitrogens is 2. The van der Waals surface area contributed by atoms with Gasteiger partial charge in [0.25, 0.3) is 0 Å². The molecule has 1 fully saturated rings. The fourth-order valence-corrected chi connectivity index (χ4v) is 2.58. The van der Waals surface area contributed by atoms with Crippen molar-refractivity contribution in [2.24, 2.45) is 0 Å². The molecule has 1 aromatic carbocycles. The molecule has 2 nitrogen and oxygen atoms in total. The van der Waals surface area contributed by atoms with Gasteiger partial charge < -0.3 is 0 Å². The molecule has 0 radical (unpaired) electrons. The highest BCUT2D eigenvalue weighted by Gasteiger charge is 2.19. The maximum absolute atomic E-state index is 6.04. The first-order valence-corrected chi connectivity index (χ1v) is 6.78. The summed E-state index contributed by atoms with van der Waals surface area (Å²) < 4.78 is 0. The summed E-state index contributed by atoms with van der Waals surface area (Å²) in [6.07, 6.45) is 3.97. The topological polar surface area (TPSA) is 25.8 Å². The van der Waals surface area contributed by atoms with Crippen LogP contribution in [0, 0.1) is 0 Å². The van der Waals surface area contributed by atoms with E-state index in [0.717, 1.165) is 17.0 Å². The molecule has 3 rings (SSSR count). The van der Waals surface area contributed by atoms with Crippen LogP contribution >= 0.6 is 23.2 Å². The summed E-state index contributed by atoms with van der Waals surface area (Å²) in [5.74, 6) is 0.744. The Morgan fingerprint density at radius 1 is 1.00 bits per heavy atom. The van der Waals surface area contributed by atoms with E-state index < -0.39 is 0 Å². The monoisotopic (exact) mass is 278 g/mol. The molecule has 0 saturated heterocycles. The van der Waals surface area contributed by atoms with Crippen LogP contribution in [0.25, 0.3) is 11.1 Å². The molecule has 18 heavy (non-hydrogen) atoms. The molecule has 1 aliphatic carbocycles. The Balaban J connectivity index is 1.94. The number of nitrogens with zero attached hydrogens (tertiary/aromatic N) is 2. The molecule has 0 aliphatic heterocycles. The highest BCUT2D eigenvalue weighted by Crippen LogP contribution is 2.37. The highest BCUT2D eigenvalue weighted by molar-refractivity contribution is 6.33. The Bertz CT molecular complexity index is 563. The fourth-order valence-electron chi connectivity index (χ4n) is 2.23. The van der Waals surface area contributed by atoms with E-state index in [-0.39, 0.29) is 0 Å². The first kappa shape index (κ1) is 11.9. The summed E-state index contributed by atoms with van der Waals surface area (Å²) in [7, 11) is 0. The molecule has 0 amide bonds. The van der Waals surface area contributed by atoms with Gasteiger partial charge in [-0.25, -0.2) is 0 Å². The zero-order valence-corrected chi connectivity index (χ0v) is 11.2. The molecule has 2 aromatic rings. The lowest BCUT2D eigenvalue weighted by molar-refractivity contribution is 0.420. The van der Waals surface area contributed by atoms with Crippen molar-refractivity contribution in [2.75, 3.05) is 0 Å². The molecule has 4 heteroatoms. The molecule has 0 N–H and O–H groups in total. The summed E-state index contributed by atoms with van der Waals surface area (Å²) >= 11 is 11.9. The van der Waals surface area contributed by atoms with Gasteiger partial charge in [0, 0.05) is 5.56 Å². The molecule has 0 atom stereocenters. The normalized spacial score (nSPS) is 15.4. The molecular weight excluding hydrogens is 267 g/mol. The van der Waals surface area contributed by atoms with Gasteiger partial charge in [-0.05, 0) is 36.0 Å². The first-order chi connectivity index (χ1) is 8.74. The standard InChI is InChI=1S/C14H12Cl2N2/c15-13-8-12(14(16)18-17-13)11-6-4-10(5-7-11)9-2-1-3-9/h4-9H,1-3H2. The average molecular weight is 279 g/mol. The van der Waals surface area contributed by atoms with Crippen molar-refractivity contribution in [3.63, 3.8) is 0 Å². The third-order valence-electron chi connectivity index (χ3n) is 3.52. The lowest BCUT2D eigenvalue weighted by Crippen LogP contribution is -2.08. The molecule has 0 bridgehead atoms. The van der Waals surface area contributed by atoms with E-state index in [1.54, 1.807) is 6.07 Å². The SMILES string of the molecule is Clc1cc(-c2ccc(C3CCC3)cc2)c(Cl)nn1. The van der Waals surface area contributed by atoms with Crippen molar-refractivity contribution in [2.45, 2.75) is 25.2 Å². The second-order valence-corrected chi connectivity index (χ2v) is 5.37. The Kier molecular flexibility index (Phi) is 3.23. The summed E-state index contributed by atoms with van der Waals surface area (Å²) in [4.78, 5) is 0. The number of hydrogen-bond acceptors (Lipinski definition) is 2. The van der Waals surface area contributed by atoms with Crippen molar-refractivity contribution < 1.29 is 0 Å². The van der Waals surface area contributed by atoms with Gasteiger partial charge in [0.2, 0.25) is 0 Å². The van der Waals surface area contributed by atoms with E-state index in [1.165, 1.54) is 24.8 Å². The molecule has 0 unspecified atom stereocenters. The smallest absolute Gasteiger partial charge is 0.137 e. The van der Waals surface area contributed by atoms with Crippen molar-refractivity contribution in [1.82, 2.24) is 10.2 Å². The lowest BCUT2D eigenvalue weighted by atomic mass is 9.80. The van der Waals surface area contributed by atoms with Crippen LogP contribution in [0.5, 0.6) is 0 Å². The Morgan fingerprint density at radius 3 is 2.33 bits per heavy atom. The zero-order valence-electron chi connectivity index (χ0n) is 9.74. The molecule has 0 spiro atoms. The largest absolute Gasteiger partial charge is 0.159 e. The van der Waals surface area contributed by atoms with Gasteiger partial charge in [0.15, 0.2) is 10.3 Å². The van der Waals surface area contributed by atoms with Crippen LogP contribution in [0.4, 0.5) is 0 Å². The van der Waals surface area contributed by atoms with Gasteiger partial charge in [0.1, 0.15) is 0 Å². The maximum Gasteiger partial charge on any atom is 0.159 e. The van der Waals surface area contributed by atoms with E-state index in [4.69, 9.17) is 23.2 Å². The van der Waals surface area contributed by atoms with Gasteiger partial charge in [0.05, 0.1) is 0 Å². The predicted octanol–water partition coefficient (Wildman–Crippen LogP) is 4.72. The number of rotatable bonds is 2. The lowest BCUT2D eigenvalue weighted by Gasteiger charge is -2.25. The van der Waals surface area contributed by atoms with Crippen LogP contribution in [-0.4, -0.2) is 10.2 Å². The minimum absolute atomic E-state index is 0.359. The van der Waals surface area contributed by atoms with E-state index >= 15 is 0 Å². The van der Waals surface area contributed by atoms with Gasteiger partial charge in [-0.2, -0.15) is 0 Å². The van der Waals surface area contributed by atoms with Crippen LogP contribution in [-0.2, 0) is 0 Å².